The number of halogens is 3. The minimum absolute atomic E-state index is 0.0461. The average molecular weight is 483 g/mol. The lowest BCUT2D eigenvalue weighted by molar-refractivity contribution is -0.118. The Morgan fingerprint density at radius 3 is 2.38 bits per heavy atom. The van der Waals surface area contributed by atoms with E-state index in [-0.39, 0.29) is 21.4 Å². The Morgan fingerprint density at radius 1 is 1.03 bits per heavy atom. The third-order valence-electron chi connectivity index (χ3n) is 4.12. The van der Waals surface area contributed by atoms with Crippen molar-refractivity contribution in [2.75, 3.05) is 23.8 Å². The van der Waals surface area contributed by atoms with Crippen molar-refractivity contribution in [2.24, 2.45) is 0 Å². The normalized spacial score (nSPS) is 11.0. The molecule has 0 saturated heterocycles. The molecule has 0 fully saturated rings. The molecule has 3 aromatic rings. The van der Waals surface area contributed by atoms with Gasteiger partial charge in [0.2, 0.25) is 0 Å². The molecule has 7 nitrogen and oxygen atoms in total. The summed E-state index contributed by atoms with van der Waals surface area (Å²) in [5.41, 5.74) is 0.115. The first-order valence-electron chi connectivity index (χ1n) is 9.02. The van der Waals surface area contributed by atoms with E-state index in [0.717, 1.165) is 12.1 Å². The SMILES string of the molecule is COc1ccc(NS(=O)(=O)c2ccc(OCC(=O)Nc3ccc(F)cc3F)c(Cl)c2)cc1. The van der Waals surface area contributed by atoms with Crippen molar-refractivity contribution in [2.45, 2.75) is 4.90 Å². The molecule has 0 spiro atoms. The zero-order valence-electron chi connectivity index (χ0n) is 16.6. The van der Waals surface area contributed by atoms with E-state index in [4.69, 9.17) is 21.1 Å². The van der Waals surface area contributed by atoms with E-state index >= 15 is 0 Å². The highest BCUT2D eigenvalue weighted by molar-refractivity contribution is 7.92. The summed E-state index contributed by atoms with van der Waals surface area (Å²) in [6.45, 7) is -0.535. The van der Waals surface area contributed by atoms with Crippen LogP contribution in [0.2, 0.25) is 5.02 Å². The monoisotopic (exact) mass is 482 g/mol. The third-order valence-corrected chi connectivity index (χ3v) is 5.79. The second kappa shape index (κ2) is 9.84. The lowest BCUT2D eigenvalue weighted by Crippen LogP contribution is -2.21. The summed E-state index contributed by atoms with van der Waals surface area (Å²) in [6.07, 6.45) is 0. The second-order valence-corrected chi connectivity index (χ2v) is 8.48. The van der Waals surface area contributed by atoms with E-state index in [0.29, 0.717) is 17.5 Å². The zero-order chi connectivity index (χ0) is 23.3. The number of anilines is 2. The van der Waals surface area contributed by atoms with Crippen LogP contribution in [0.1, 0.15) is 0 Å². The number of ether oxygens (including phenoxy) is 2. The van der Waals surface area contributed by atoms with Gasteiger partial charge in [0.15, 0.2) is 6.61 Å². The van der Waals surface area contributed by atoms with Crippen LogP contribution in [-0.2, 0) is 14.8 Å². The Morgan fingerprint density at radius 2 is 1.75 bits per heavy atom. The van der Waals surface area contributed by atoms with Crippen LogP contribution < -0.4 is 19.5 Å². The van der Waals surface area contributed by atoms with Gasteiger partial charge in [-0.25, -0.2) is 17.2 Å². The number of methoxy groups -OCH3 is 1. The Labute approximate surface area is 188 Å². The number of rotatable bonds is 8. The summed E-state index contributed by atoms with van der Waals surface area (Å²) < 4.78 is 64.4. The number of hydrogen-bond donors (Lipinski definition) is 2. The fourth-order valence-corrected chi connectivity index (χ4v) is 3.94. The lowest BCUT2D eigenvalue weighted by Gasteiger charge is -2.12. The molecule has 0 bridgehead atoms. The van der Waals surface area contributed by atoms with Crippen molar-refractivity contribution < 1.29 is 31.5 Å². The highest BCUT2D eigenvalue weighted by Gasteiger charge is 2.17. The lowest BCUT2D eigenvalue weighted by atomic mass is 10.3. The highest BCUT2D eigenvalue weighted by Crippen LogP contribution is 2.28. The Hall–Kier alpha value is -3.37. The highest BCUT2D eigenvalue weighted by atomic mass is 35.5. The van der Waals surface area contributed by atoms with Gasteiger partial charge in [0.05, 0.1) is 22.7 Å². The average Bonchev–Trinajstić information content (AvgIpc) is 2.75. The number of hydrogen-bond acceptors (Lipinski definition) is 5. The van der Waals surface area contributed by atoms with Gasteiger partial charge in [0, 0.05) is 11.8 Å². The number of sulfonamides is 1. The van der Waals surface area contributed by atoms with E-state index in [2.05, 4.69) is 10.0 Å². The molecule has 1 amide bonds. The maximum atomic E-state index is 13.6. The number of amides is 1. The van der Waals surface area contributed by atoms with Crippen molar-refractivity contribution >= 4 is 38.9 Å². The minimum Gasteiger partial charge on any atom is -0.497 e. The first-order chi connectivity index (χ1) is 15.2. The van der Waals surface area contributed by atoms with Gasteiger partial charge in [0.25, 0.3) is 15.9 Å². The summed E-state index contributed by atoms with van der Waals surface area (Å²) in [4.78, 5) is 11.8. The summed E-state index contributed by atoms with van der Waals surface area (Å²) in [6, 6.07) is 12.7. The largest absolute Gasteiger partial charge is 0.497 e. The number of carbonyl (C=O) groups excluding carboxylic acids is 1. The van der Waals surface area contributed by atoms with Gasteiger partial charge < -0.3 is 14.8 Å². The molecular weight excluding hydrogens is 466 g/mol. The molecule has 0 unspecified atom stereocenters. The van der Waals surface area contributed by atoms with Crippen LogP contribution in [0, 0.1) is 11.6 Å². The molecule has 0 atom stereocenters. The van der Waals surface area contributed by atoms with Crippen LogP contribution in [0.4, 0.5) is 20.2 Å². The number of benzene rings is 3. The molecule has 3 aromatic carbocycles. The van der Waals surface area contributed by atoms with Crippen LogP contribution >= 0.6 is 11.6 Å². The number of nitrogens with one attached hydrogen (secondary N) is 2. The summed E-state index contributed by atoms with van der Waals surface area (Å²) in [7, 11) is -2.44. The molecule has 11 heteroatoms. The van der Waals surface area contributed by atoms with Gasteiger partial charge in [-0.05, 0) is 54.6 Å². The van der Waals surface area contributed by atoms with Gasteiger partial charge in [-0.15, -0.1) is 0 Å². The Bertz CT molecular complexity index is 1240. The third kappa shape index (κ3) is 5.86. The predicted molar refractivity (Wildman–Crippen MR) is 116 cm³/mol. The second-order valence-electron chi connectivity index (χ2n) is 6.39. The van der Waals surface area contributed by atoms with E-state index in [1.54, 1.807) is 12.1 Å². The van der Waals surface area contributed by atoms with E-state index < -0.39 is 34.2 Å². The molecule has 0 heterocycles. The summed E-state index contributed by atoms with van der Waals surface area (Å²) in [5, 5.41) is 2.18. The minimum atomic E-state index is -3.93. The maximum absolute atomic E-state index is 13.6. The van der Waals surface area contributed by atoms with Crippen LogP contribution in [-0.4, -0.2) is 28.0 Å². The topological polar surface area (TPSA) is 93.7 Å². The molecular formula is C21H17ClF2N2O5S. The van der Waals surface area contributed by atoms with Crippen molar-refractivity contribution in [3.63, 3.8) is 0 Å². The van der Waals surface area contributed by atoms with E-state index in [1.807, 2.05) is 0 Å². The van der Waals surface area contributed by atoms with Crippen molar-refractivity contribution in [1.29, 1.82) is 0 Å². The van der Waals surface area contributed by atoms with Crippen LogP contribution in [0.3, 0.4) is 0 Å². The van der Waals surface area contributed by atoms with Crippen molar-refractivity contribution in [3.8, 4) is 11.5 Å². The van der Waals surface area contributed by atoms with Crippen LogP contribution in [0.5, 0.6) is 11.5 Å². The van der Waals surface area contributed by atoms with E-state index in [1.165, 1.54) is 37.4 Å². The fourth-order valence-electron chi connectivity index (χ4n) is 2.56. The molecule has 0 radical (unpaired) electrons. The van der Waals surface area contributed by atoms with Gasteiger partial charge in [-0.3, -0.25) is 9.52 Å². The predicted octanol–water partition coefficient (Wildman–Crippen LogP) is 4.45. The first-order valence-corrected chi connectivity index (χ1v) is 10.9. The maximum Gasteiger partial charge on any atom is 0.262 e. The van der Waals surface area contributed by atoms with E-state index in [9.17, 15) is 22.0 Å². The molecule has 3 rings (SSSR count). The quantitative estimate of drug-likeness (QED) is 0.495. The fraction of sp³-hybridized carbons (Fsp3) is 0.0952. The Balaban J connectivity index is 1.64. The van der Waals surface area contributed by atoms with Crippen molar-refractivity contribution in [3.05, 3.63) is 77.3 Å². The van der Waals surface area contributed by atoms with Gasteiger partial charge in [-0.2, -0.15) is 0 Å². The molecule has 0 aliphatic heterocycles. The molecule has 32 heavy (non-hydrogen) atoms. The number of carbonyl (C=O) groups is 1. The smallest absolute Gasteiger partial charge is 0.262 e. The summed E-state index contributed by atoms with van der Waals surface area (Å²) >= 11 is 6.10. The van der Waals surface area contributed by atoms with Crippen LogP contribution in [0.15, 0.2) is 65.6 Å². The molecule has 2 N–H and O–H groups in total. The molecule has 0 aliphatic carbocycles. The molecule has 0 aliphatic rings. The van der Waals surface area contributed by atoms with Gasteiger partial charge in [-0.1, -0.05) is 11.6 Å². The molecule has 0 saturated carbocycles. The first kappa shape index (κ1) is 23.3. The van der Waals surface area contributed by atoms with Crippen molar-refractivity contribution in [1.82, 2.24) is 0 Å². The Kier molecular flexibility index (Phi) is 7.16. The standard InChI is InChI=1S/C21H17ClF2N2O5S/c1-30-15-5-3-14(4-6-15)26-32(28,29)16-7-9-20(17(22)11-16)31-12-21(27)25-19-8-2-13(23)10-18(19)24/h2-11,26H,12H2,1H3,(H,25,27). The zero-order valence-corrected chi connectivity index (χ0v) is 18.1. The molecule has 0 aromatic heterocycles. The summed E-state index contributed by atoms with van der Waals surface area (Å²) in [5.74, 6) is -1.81. The van der Waals surface area contributed by atoms with Crippen LogP contribution in [0.25, 0.3) is 0 Å². The van der Waals surface area contributed by atoms with Gasteiger partial charge in [0.1, 0.15) is 23.1 Å². The van der Waals surface area contributed by atoms with Gasteiger partial charge >= 0.3 is 0 Å². The molecule has 168 valence electrons.